The van der Waals surface area contributed by atoms with Crippen LogP contribution in [0.25, 0.3) is 0 Å². The largest absolute Gasteiger partial charge is 0.481 e. The molecular weight excluding hydrogens is 272 g/mol. The van der Waals surface area contributed by atoms with Gasteiger partial charge >= 0.3 is 11.9 Å². The number of aliphatic hydroxyl groups is 1. The predicted octanol–water partition coefficient (Wildman–Crippen LogP) is 3.63. The number of hydrogen-bond donors (Lipinski definition) is 2. The Morgan fingerprint density at radius 2 is 1.76 bits per heavy atom. The van der Waals surface area contributed by atoms with Crippen LogP contribution in [0.2, 0.25) is 0 Å². The first-order valence-corrected chi connectivity index (χ1v) is 7.88. The molecule has 1 saturated heterocycles. The van der Waals surface area contributed by atoms with Crippen molar-refractivity contribution >= 4 is 11.9 Å². The second kappa shape index (κ2) is 18.9. The summed E-state index contributed by atoms with van der Waals surface area (Å²) in [6, 6.07) is 0. The predicted molar refractivity (Wildman–Crippen MR) is 85.2 cm³/mol. The monoisotopic (exact) mass is 306 g/mol. The van der Waals surface area contributed by atoms with Crippen molar-refractivity contribution in [2.75, 3.05) is 6.61 Å². The van der Waals surface area contributed by atoms with Crippen LogP contribution in [0.15, 0.2) is 0 Å². The molecule has 2 N–H and O–H groups in total. The molecule has 1 aliphatic rings. The number of rotatable bonds is 4. The van der Waals surface area contributed by atoms with Gasteiger partial charge in [0.25, 0.3) is 0 Å². The summed E-state index contributed by atoms with van der Waals surface area (Å²) >= 11 is 0. The number of aliphatic hydroxyl groups excluding tert-OH is 1. The number of esters is 1. The second-order valence-electron chi connectivity index (χ2n) is 4.91. The van der Waals surface area contributed by atoms with E-state index in [0.29, 0.717) is 25.4 Å². The number of carboxylic acid groups (broad SMARTS) is 1. The third kappa shape index (κ3) is 27.9. The number of carbonyl (C=O) groups is 2. The molecule has 21 heavy (non-hydrogen) atoms. The van der Waals surface area contributed by atoms with Crippen molar-refractivity contribution in [2.45, 2.75) is 79.8 Å². The number of carbonyl (C=O) groups excluding carboxylic acids is 1. The molecule has 1 heterocycles. The smallest absolute Gasteiger partial charge is 0.305 e. The Hall–Kier alpha value is -1.10. The molecule has 0 amide bonds. The molecule has 1 aliphatic heterocycles. The lowest BCUT2D eigenvalue weighted by atomic mass is 10.0. The Kier molecular flexibility index (Phi) is 22.4. The summed E-state index contributed by atoms with van der Waals surface area (Å²) in [6.45, 7) is 12.8. The van der Waals surface area contributed by atoms with E-state index in [2.05, 4.69) is 18.6 Å². The van der Waals surface area contributed by atoms with E-state index < -0.39 is 12.1 Å². The maximum Gasteiger partial charge on any atom is 0.305 e. The number of aliphatic carboxylic acids is 1. The van der Waals surface area contributed by atoms with E-state index in [4.69, 9.17) is 10.2 Å². The Morgan fingerprint density at radius 1 is 1.29 bits per heavy atom. The summed E-state index contributed by atoms with van der Waals surface area (Å²) in [5, 5.41) is 17.2. The average molecular weight is 306 g/mol. The van der Waals surface area contributed by atoms with E-state index in [9.17, 15) is 9.59 Å². The van der Waals surface area contributed by atoms with Crippen LogP contribution in [0.4, 0.5) is 0 Å². The first-order valence-electron chi connectivity index (χ1n) is 7.88. The summed E-state index contributed by atoms with van der Waals surface area (Å²) in [6.07, 6.45) is 2.53. The Morgan fingerprint density at radius 3 is 1.95 bits per heavy atom. The van der Waals surface area contributed by atoms with Crippen molar-refractivity contribution in [3.8, 4) is 0 Å². The van der Waals surface area contributed by atoms with E-state index in [1.165, 1.54) is 6.42 Å². The summed E-state index contributed by atoms with van der Waals surface area (Å²) < 4.78 is 4.51. The molecule has 5 nitrogen and oxygen atoms in total. The molecule has 0 aromatic heterocycles. The van der Waals surface area contributed by atoms with Gasteiger partial charge in [0.1, 0.15) is 0 Å². The normalized spacial score (nSPS) is 13.6. The third-order valence-corrected chi connectivity index (χ3v) is 1.94. The highest BCUT2D eigenvalue weighted by atomic mass is 16.5. The quantitative estimate of drug-likeness (QED) is 0.775. The van der Waals surface area contributed by atoms with Crippen LogP contribution in [0, 0.1) is 5.92 Å². The number of hydrogen-bond acceptors (Lipinski definition) is 4. The minimum absolute atomic E-state index is 0.0463. The summed E-state index contributed by atoms with van der Waals surface area (Å²) in [5.41, 5.74) is 0. The Labute approximate surface area is 129 Å². The molecule has 0 spiro atoms. The van der Waals surface area contributed by atoms with Gasteiger partial charge in [-0.3, -0.25) is 9.59 Å². The lowest BCUT2D eigenvalue weighted by Crippen LogP contribution is -2.14. The molecule has 5 heteroatoms. The van der Waals surface area contributed by atoms with Crippen molar-refractivity contribution in [3.63, 3.8) is 0 Å². The highest BCUT2D eigenvalue weighted by Crippen LogP contribution is 2.06. The van der Waals surface area contributed by atoms with Crippen molar-refractivity contribution in [1.29, 1.82) is 0 Å². The summed E-state index contributed by atoms with van der Waals surface area (Å²) in [5.74, 6) is -0.627. The molecule has 0 aliphatic carbocycles. The van der Waals surface area contributed by atoms with Gasteiger partial charge in [0.15, 0.2) is 0 Å². The van der Waals surface area contributed by atoms with Crippen molar-refractivity contribution in [1.82, 2.24) is 0 Å². The molecule has 128 valence electrons. The number of carboxylic acids is 1. The maximum atomic E-state index is 10.0. The number of cyclic esters (lactones) is 1. The highest BCUT2D eigenvalue weighted by molar-refractivity contribution is 5.70. The van der Waals surface area contributed by atoms with Crippen molar-refractivity contribution in [3.05, 3.63) is 0 Å². The highest BCUT2D eigenvalue weighted by Gasteiger charge is 2.10. The van der Waals surface area contributed by atoms with Crippen LogP contribution in [0.3, 0.4) is 0 Å². The minimum Gasteiger partial charge on any atom is -0.481 e. The van der Waals surface area contributed by atoms with Gasteiger partial charge in [-0.05, 0) is 18.8 Å². The van der Waals surface area contributed by atoms with E-state index >= 15 is 0 Å². The zero-order valence-electron chi connectivity index (χ0n) is 14.5. The lowest BCUT2D eigenvalue weighted by Gasteiger charge is -2.09. The SMILES string of the molecule is CC.CC(C)CC(O)CC(=O)O.CCC.O=C1CCCO1. The molecule has 1 rings (SSSR count). The molecule has 0 aromatic rings. The molecular formula is C16H34O5. The molecule has 0 bridgehead atoms. The van der Waals surface area contributed by atoms with Crippen LogP contribution in [-0.2, 0) is 14.3 Å². The van der Waals surface area contributed by atoms with Crippen molar-refractivity contribution < 1.29 is 24.5 Å². The molecule has 1 fully saturated rings. The van der Waals surface area contributed by atoms with Gasteiger partial charge in [-0.2, -0.15) is 0 Å². The lowest BCUT2D eigenvalue weighted by molar-refractivity contribution is -0.139. The summed E-state index contributed by atoms with van der Waals surface area (Å²) in [4.78, 5) is 20.1. The van der Waals surface area contributed by atoms with Crippen LogP contribution in [0.1, 0.15) is 73.6 Å². The average Bonchev–Trinajstić information content (AvgIpc) is 2.82. The van der Waals surface area contributed by atoms with E-state index in [1.807, 2.05) is 27.7 Å². The van der Waals surface area contributed by atoms with Gasteiger partial charge in [-0.1, -0.05) is 48.0 Å². The molecule has 0 aromatic carbocycles. The van der Waals surface area contributed by atoms with Gasteiger partial charge in [-0.25, -0.2) is 0 Å². The fourth-order valence-electron chi connectivity index (χ4n) is 1.30. The molecule has 1 atom stereocenters. The first kappa shape index (κ1) is 24.9. The second-order valence-corrected chi connectivity index (χ2v) is 4.91. The van der Waals surface area contributed by atoms with Crippen molar-refractivity contribution in [2.24, 2.45) is 5.92 Å². The van der Waals surface area contributed by atoms with Gasteiger partial charge in [-0.15, -0.1) is 0 Å². The molecule has 0 radical (unpaired) electrons. The van der Waals surface area contributed by atoms with Gasteiger partial charge in [0.05, 0.1) is 19.1 Å². The summed E-state index contributed by atoms with van der Waals surface area (Å²) in [7, 11) is 0. The van der Waals surface area contributed by atoms with E-state index in [0.717, 1.165) is 6.42 Å². The van der Waals surface area contributed by atoms with Crippen LogP contribution in [-0.4, -0.2) is 34.9 Å². The maximum absolute atomic E-state index is 10.0. The fraction of sp³-hybridized carbons (Fsp3) is 0.875. The van der Waals surface area contributed by atoms with Crippen LogP contribution >= 0.6 is 0 Å². The first-order chi connectivity index (χ1) is 9.83. The standard InChI is InChI=1S/C7H14O3.C4H6O2.C3H8.C2H6/c1-5(2)3-6(8)4-7(9)10;5-4-2-1-3-6-4;1-3-2;1-2/h5-6,8H,3-4H2,1-2H3,(H,9,10);1-3H2;3H2,1-2H3;1-2H3. The van der Waals surface area contributed by atoms with Gasteiger partial charge in [0.2, 0.25) is 0 Å². The Bertz CT molecular complexity index is 231. The van der Waals surface area contributed by atoms with Crippen LogP contribution < -0.4 is 0 Å². The van der Waals surface area contributed by atoms with Crippen LogP contribution in [0.5, 0.6) is 0 Å². The fourth-order valence-corrected chi connectivity index (χ4v) is 1.30. The zero-order valence-corrected chi connectivity index (χ0v) is 14.5. The van der Waals surface area contributed by atoms with Gasteiger partial charge in [0, 0.05) is 6.42 Å². The molecule has 1 unspecified atom stereocenters. The van der Waals surface area contributed by atoms with E-state index in [-0.39, 0.29) is 12.4 Å². The van der Waals surface area contributed by atoms with Gasteiger partial charge < -0.3 is 14.9 Å². The van der Waals surface area contributed by atoms with E-state index in [1.54, 1.807) is 0 Å². The zero-order chi connectivity index (χ0) is 17.3. The Balaban J connectivity index is -0.000000249. The number of ether oxygens (including phenoxy) is 1. The topological polar surface area (TPSA) is 83.8 Å². The minimum atomic E-state index is -0.937. The third-order valence-electron chi connectivity index (χ3n) is 1.94. The molecule has 0 saturated carbocycles.